The molecular weight excluding hydrogens is 270 g/mol. The van der Waals surface area contributed by atoms with Crippen molar-refractivity contribution in [3.63, 3.8) is 0 Å². The molecule has 0 aromatic heterocycles. The normalized spacial score (nSPS) is 11.7. The molecule has 0 unspecified atom stereocenters. The summed E-state index contributed by atoms with van der Waals surface area (Å²) in [6, 6.07) is 7.08. The maximum atomic E-state index is 12.0. The third-order valence-corrected chi connectivity index (χ3v) is 5.11. The van der Waals surface area contributed by atoms with Gasteiger partial charge in [-0.2, -0.15) is 0 Å². The maximum absolute atomic E-state index is 12.0. The molecule has 4 heteroatoms. The van der Waals surface area contributed by atoms with E-state index in [-0.39, 0.29) is 5.75 Å². The van der Waals surface area contributed by atoms with Gasteiger partial charge >= 0.3 is 0 Å². The minimum absolute atomic E-state index is 0.128. The van der Waals surface area contributed by atoms with Gasteiger partial charge in [0.1, 0.15) is 0 Å². The maximum Gasteiger partial charge on any atom is 0.154 e. The quantitative estimate of drug-likeness (QED) is 0.525. The summed E-state index contributed by atoms with van der Waals surface area (Å²) in [6.45, 7) is 2.20. The highest BCUT2D eigenvalue weighted by molar-refractivity contribution is 7.90. The van der Waals surface area contributed by atoms with Crippen molar-refractivity contribution in [2.24, 2.45) is 0 Å². The van der Waals surface area contributed by atoms with E-state index in [4.69, 9.17) is 5.73 Å². The predicted octanol–water partition coefficient (Wildman–Crippen LogP) is 3.93. The molecule has 0 atom stereocenters. The first-order chi connectivity index (χ1) is 9.53. The van der Waals surface area contributed by atoms with E-state index < -0.39 is 9.84 Å². The second-order valence-corrected chi connectivity index (χ2v) is 7.64. The number of anilines is 1. The summed E-state index contributed by atoms with van der Waals surface area (Å²) in [5, 5.41) is 0. The lowest BCUT2D eigenvalue weighted by molar-refractivity contribution is 0.578. The van der Waals surface area contributed by atoms with Crippen molar-refractivity contribution in [3.05, 3.63) is 29.8 Å². The molecule has 0 aliphatic heterocycles. The van der Waals surface area contributed by atoms with Crippen LogP contribution < -0.4 is 5.73 Å². The standard InChI is InChI=1S/C16H27NO2S/c1-2-3-4-5-6-7-8-13-20(18,19)14-15-9-11-16(17)12-10-15/h9-12H,2-8,13-14,17H2,1H3. The summed E-state index contributed by atoms with van der Waals surface area (Å²) in [4.78, 5) is 0. The Morgan fingerprint density at radius 2 is 1.45 bits per heavy atom. The fourth-order valence-corrected chi connectivity index (χ4v) is 3.71. The van der Waals surface area contributed by atoms with Crippen molar-refractivity contribution in [1.29, 1.82) is 0 Å². The number of hydrogen-bond acceptors (Lipinski definition) is 3. The predicted molar refractivity (Wildman–Crippen MR) is 86.3 cm³/mol. The van der Waals surface area contributed by atoms with Crippen molar-refractivity contribution in [3.8, 4) is 0 Å². The number of rotatable bonds is 10. The molecule has 0 bridgehead atoms. The van der Waals surface area contributed by atoms with Crippen molar-refractivity contribution >= 4 is 15.5 Å². The fraction of sp³-hybridized carbons (Fsp3) is 0.625. The lowest BCUT2D eigenvalue weighted by atomic mass is 10.1. The minimum atomic E-state index is -2.99. The van der Waals surface area contributed by atoms with Gasteiger partial charge in [-0.15, -0.1) is 0 Å². The van der Waals surface area contributed by atoms with E-state index in [9.17, 15) is 8.42 Å². The van der Waals surface area contributed by atoms with E-state index in [0.29, 0.717) is 11.4 Å². The van der Waals surface area contributed by atoms with Gasteiger partial charge in [0.05, 0.1) is 11.5 Å². The largest absolute Gasteiger partial charge is 0.399 e. The van der Waals surface area contributed by atoms with Gasteiger partial charge in [0.15, 0.2) is 9.84 Å². The molecule has 0 saturated heterocycles. The Balaban J connectivity index is 2.23. The molecule has 20 heavy (non-hydrogen) atoms. The summed E-state index contributed by atoms with van der Waals surface area (Å²) in [6.07, 6.45) is 7.98. The fourth-order valence-electron chi connectivity index (χ4n) is 2.22. The monoisotopic (exact) mass is 297 g/mol. The Morgan fingerprint density at radius 1 is 0.900 bits per heavy atom. The molecule has 0 saturated carbocycles. The van der Waals surface area contributed by atoms with E-state index in [1.807, 2.05) is 0 Å². The van der Waals surface area contributed by atoms with Crippen LogP contribution in [-0.4, -0.2) is 14.2 Å². The number of hydrogen-bond donors (Lipinski definition) is 1. The van der Waals surface area contributed by atoms with Crippen LogP contribution in [0.1, 0.15) is 57.4 Å². The molecule has 0 heterocycles. The van der Waals surface area contributed by atoms with Gasteiger partial charge < -0.3 is 5.73 Å². The smallest absolute Gasteiger partial charge is 0.154 e. The number of benzene rings is 1. The average Bonchev–Trinajstić information content (AvgIpc) is 2.40. The van der Waals surface area contributed by atoms with Gasteiger partial charge in [-0.05, 0) is 24.1 Å². The van der Waals surface area contributed by atoms with Gasteiger partial charge in [-0.25, -0.2) is 8.42 Å². The first-order valence-electron chi connectivity index (χ1n) is 7.58. The lowest BCUT2D eigenvalue weighted by Crippen LogP contribution is -2.09. The van der Waals surface area contributed by atoms with Crippen LogP contribution in [0.5, 0.6) is 0 Å². The number of nitrogen functional groups attached to an aromatic ring is 1. The van der Waals surface area contributed by atoms with Crippen molar-refractivity contribution in [2.45, 2.75) is 57.6 Å². The molecule has 0 spiro atoms. The van der Waals surface area contributed by atoms with Gasteiger partial charge in [0, 0.05) is 5.69 Å². The summed E-state index contributed by atoms with van der Waals surface area (Å²) < 4.78 is 24.0. The van der Waals surface area contributed by atoms with Crippen LogP contribution >= 0.6 is 0 Å². The summed E-state index contributed by atoms with van der Waals surface area (Å²) >= 11 is 0. The van der Waals surface area contributed by atoms with E-state index in [0.717, 1.165) is 24.8 Å². The van der Waals surface area contributed by atoms with Crippen LogP contribution in [0.4, 0.5) is 5.69 Å². The molecule has 2 N–H and O–H groups in total. The summed E-state index contributed by atoms with van der Waals surface area (Å²) in [5.74, 6) is 0.425. The average molecular weight is 297 g/mol. The van der Waals surface area contributed by atoms with Gasteiger partial charge in [-0.3, -0.25) is 0 Å². The van der Waals surface area contributed by atoms with Crippen LogP contribution in [0, 0.1) is 0 Å². The zero-order chi connectivity index (χ0) is 14.8. The zero-order valence-electron chi connectivity index (χ0n) is 12.5. The SMILES string of the molecule is CCCCCCCCCS(=O)(=O)Cc1ccc(N)cc1. The van der Waals surface area contributed by atoms with Crippen LogP contribution in [0.2, 0.25) is 0 Å². The molecule has 0 fully saturated rings. The number of unbranched alkanes of at least 4 members (excludes halogenated alkanes) is 6. The molecule has 1 aromatic carbocycles. The first kappa shape index (κ1) is 17.0. The molecular formula is C16H27NO2S. The Labute approximate surface area is 123 Å². The van der Waals surface area contributed by atoms with E-state index >= 15 is 0 Å². The Hall–Kier alpha value is -1.03. The van der Waals surface area contributed by atoms with Crippen molar-refractivity contribution < 1.29 is 8.42 Å². The first-order valence-corrected chi connectivity index (χ1v) is 9.40. The van der Waals surface area contributed by atoms with Gasteiger partial charge in [0.25, 0.3) is 0 Å². The zero-order valence-corrected chi connectivity index (χ0v) is 13.3. The van der Waals surface area contributed by atoms with Crippen LogP contribution in [0.25, 0.3) is 0 Å². The minimum Gasteiger partial charge on any atom is -0.399 e. The number of nitrogens with two attached hydrogens (primary N) is 1. The third kappa shape index (κ3) is 7.53. The summed E-state index contributed by atoms with van der Waals surface area (Å²) in [5.41, 5.74) is 7.08. The van der Waals surface area contributed by atoms with Crippen LogP contribution in [0.15, 0.2) is 24.3 Å². The Bertz CT molecular complexity index is 466. The highest BCUT2D eigenvalue weighted by Crippen LogP contribution is 2.12. The molecule has 0 aliphatic rings. The van der Waals surface area contributed by atoms with Crippen LogP contribution in [-0.2, 0) is 15.6 Å². The van der Waals surface area contributed by atoms with Gasteiger partial charge in [0.2, 0.25) is 0 Å². The summed E-state index contributed by atoms with van der Waals surface area (Å²) in [7, 11) is -2.99. The highest BCUT2D eigenvalue weighted by atomic mass is 32.2. The third-order valence-electron chi connectivity index (χ3n) is 3.43. The molecule has 0 amide bonds. The van der Waals surface area contributed by atoms with Crippen molar-refractivity contribution in [2.75, 3.05) is 11.5 Å². The highest BCUT2D eigenvalue weighted by Gasteiger charge is 2.11. The lowest BCUT2D eigenvalue weighted by Gasteiger charge is -2.05. The van der Waals surface area contributed by atoms with E-state index in [1.54, 1.807) is 24.3 Å². The number of sulfone groups is 1. The topological polar surface area (TPSA) is 60.2 Å². The molecule has 1 aromatic rings. The molecule has 3 nitrogen and oxygen atoms in total. The molecule has 1 rings (SSSR count). The molecule has 0 aliphatic carbocycles. The van der Waals surface area contributed by atoms with Gasteiger partial charge in [-0.1, -0.05) is 57.6 Å². The second kappa shape index (κ2) is 9.01. The molecule has 114 valence electrons. The molecule has 0 radical (unpaired) electrons. The Morgan fingerprint density at radius 3 is 2.05 bits per heavy atom. The second-order valence-electron chi connectivity index (χ2n) is 5.45. The van der Waals surface area contributed by atoms with Crippen molar-refractivity contribution in [1.82, 2.24) is 0 Å². The van der Waals surface area contributed by atoms with E-state index in [2.05, 4.69) is 6.92 Å². The van der Waals surface area contributed by atoms with Crippen LogP contribution in [0.3, 0.4) is 0 Å². The Kier molecular flexibility index (Phi) is 7.67. The van der Waals surface area contributed by atoms with E-state index in [1.165, 1.54) is 25.7 Å².